The largest absolute Gasteiger partial charge is 0.370 e. The Bertz CT molecular complexity index is 358. The summed E-state index contributed by atoms with van der Waals surface area (Å²) in [6, 6.07) is 0. The van der Waals surface area contributed by atoms with Gasteiger partial charge in [-0.2, -0.15) is 4.98 Å². The van der Waals surface area contributed by atoms with E-state index >= 15 is 0 Å². The number of hydrogen-bond donors (Lipinski definition) is 1. The first kappa shape index (κ1) is 12.5. The van der Waals surface area contributed by atoms with Crippen LogP contribution in [0.15, 0.2) is 4.52 Å². The molecule has 0 bridgehead atoms. The fourth-order valence-electron chi connectivity index (χ4n) is 2.46. The number of nitrogens with zero attached hydrogens (tertiary/aromatic N) is 2. The monoisotopic (exact) mass is 239 g/mol. The highest BCUT2D eigenvalue weighted by molar-refractivity contribution is 5.05. The van der Waals surface area contributed by atoms with Crippen molar-refractivity contribution in [3.05, 3.63) is 11.7 Å². The van der Waals surface area contributed by atoms with E-state index in [1.807, 2.05) is 0 Å². The zero-order chi connectivity index (χ0) is 12.3. The first-order valence-corrected chi connectivity index (χ1v) is 6.31. The highest BCUT2D eigenvalue weighted by atomic mass is 16.5. The minimum Gasteiger partial charge on any atom is -0.370 e. The summed E-state index contributed by atoms with van der Waals surface area (Å²) in [5.74, 6) is 1.60. The van der Waals surface area contributed by atoms with Gasteiger partial charge in [0.2, 0.25) is 11.7 Å². The average molecular weight is 239 g/mol. The van der Waals surface area contributed by atoms with Crippen molar-refractivity contribution in [1.29, 1.82) is 0 Å². The summed E-state index contributed by atoms with van der Waals surface area (Å²) in [6.45, 7) is 2.69. The molecule has 96 valence electrons. The molecule has 17 heavy (non-hydrogen) atoms. The lowest BCUT2D eigenvalue weighted by molar-refractivity contribution is -0.0178. The molecule has 0 amide bonds. The van der Waals surface area contributed by atoms with Gasteiger partial charge in [-0.15, -0.1) is 0 Å². The Hall–Kier alpha value is -0.940. The Balaban J connectivity index is 2.16. The van der Waals surface area contributed by atoms with E-state index in [2.05, 4.69) is 17.1 Å². The lowest BCUT2D eigenvalue weighted by Crippen LogP contribution is -2.26. The lowest BCUT2D eigenvalue weighted by Gasteiger charge is -2.22. The maximum atomic E-state index is 5.63. The van der Waals surface area contributed by atoms with Crippen molar-refractivity contribution < 1.29 is 9.26 Å². The Kier molecular flexibility index (Phi) is 3.79. The summed E-state index contributed by atoms with van der Waals surface area (Å²) in [4.78, 5) is 4.50. The van der Waals surface area contributed by atoms with Crippen molar-refractivity contribution in [3.63, 3.8) is 0 Å². The fraction of sp³-hybridized carbons (Fsp3) is 0.833. The molecule has 1 heterocycles. The summed E-state index contributed by atoms with van der Waals surface area (Å²) >= 11 is 0. The van der Waals surface area contributed by atoms with Crippen LogP contribution in [0.5, 0.6) is 0 Å². The van der Waals surface area contributed by atoms with Crippen LogP contribution in [-0.2, 0) is 10.3 Å². The van der Waals surface area contributed by atoms with Gasteiger partial charge in [0.15, 0.2) is 0 Å². The second-order valence-electron chi connectivity index (χ2n) is 4.84. The minimum atomic E-state index is -0.315. The molecule has 0 aromatic carbocycles. The van der Waals surface area contributed by atoms with Gasteiger partial charge in [-0.3, -0.25) is 0 Å². The Morgan fingerprint density at radius 1 is 1.47 bits per heavy atom. The van der Waals surface area contributed by atoms with E-state index in [9.17, 15) is 0 Å². The first-order valence-electron chi connectivity index (χ1n) is 6.31. The second-order valence-corrected chi connectivity index (χ2v) is 4.84. The number of aromatic nitrogens is 2. The van der Waals surface area contributed by atoms with Crippen molar-refractivity contribution in [2.24, 2.45) is 5.73 Å². The fourth-order valence-corrected chi connectivity index (χ4v) is 2.46. The molecular weight excluding hydrogens is 218 g/mol. The predicted molar refractivity (Wildman–Crippen MR) is 63.5 cm³/mol. The van der Waals surface area contributed by atoms with Gasteiger partial charge in [0, 0.05) is 13.0 Å². The maximum absolute atomic E-state index is 5.63. The maximum Gasteiger partial charge on any atom is 0.229 e. The second kappa shape index (κ2) is 5.14. The molecule has 5 nitrogen and oxygen atoms in total. The van der Waals surface area contributed by atoms with Crippen molar-refractivity contribution in [3.8, 4) is 0 Å². The zero-order valence-corrected chi connectivity index (χ0v) is 10.6. The highest BCUT2D eigenvalue weighted by Crippen LogP contribution is 2.40. The standard InChI is InChI=1S/C12H21N3O2/c1-9(5-8-13)10-14-11(15-17-10)12(16-2)6-3-4-7-12/h9H,3-8,13H2,1-2H3. The summed E-state index contributed by atoms with van der Waals surface area (Å²) in [7, 11) is 1.73. The zero-order valence-electron chi connectivity index (χ0n) is 10.6. The molecule has 0 saturated heterocycles. The number of hydrogen-bond acceptors (Lipinski definition) is 5. The van der Waals surface area contributed by atoms with Crippen LogP contribution in [-0.4, -0.2) is 23.8 Å². The van der Waals surface area contributed by atoms with Crippen molar-refractivity contribution >= 4 is 0 Å². The smallest absolute Gasteiger partial charge is 0.229 e. The lowest BCUT2D eigenvalue weighted by atomic mass is 10.0. The summed E-state index contributed by atoms with van der Waals surface area (Å²) in [5.41, 5.74) is 5.22. The van der Waals surface area contributed by atoms with E-state index in [4.69, 9.17) is 15.0 Å². The highest BCUT2D eigenvalue weighted by Gasteiger charge is 2.40. The SMILES string of the molecule is COC1(c2noc(C(C)CCN)n2)CCCC1. The molecule has 1 atom stereocenters. The third-order valence-corrected chi connectivity index (χ3v) is 3.67. The van der Waals surface area contributed by atoms with Crippen LogP contribution in [0, 0.1) is 0 Å². The van der Waals surface area contributed by atoms with Gasteiger partial charge in [0.1, 0.15) is 5.60 Å². The number of rotatable bonds is 5. The van der Waals surface area contributed by atoms with Crippen molar-refractivity contribution in [1.82, 2.24) is 10.1 Å². The van der Waals surface area contributed by atoms with Crippen LogP contribution in [0.2, 0.25) is 0 Å². The molecular formula is C12H21N3O2. The molecule has 5 heteroatoms. The third kappa shape index (κ3) is 2.35. The van der Waals surface area contributed by atoms with E-state index in [1.54, 1.807) is 7.11 Å². The molecule has 1 aromatic heterocycles. The van der Waals surface area contributed by atoms with Gasteiger partial charge in [0.25, 0.3) is 0 Å². The van der Waals surface area contributed by atoms with E-state index in [-0.39, 0.29) is 11.5 Å². The number of ether oxygens (including phenoxy) is 1. The van der Waals surface area contributed by atoms with Crippen LogP contribution in [0.3, 0.4) is 0 Å². The van der Waals surface area contributed by atoms with Gasteiger partial charge in [-0.25, -0.2) is 0 Å². The van der Waals surface area contributed by atoms with Gasteiger partial charge < -0.3 is 15.0 Å². The Labute approximate surface area is 102 Å². The van der Waals surface area contributed by atoms with Crippen LogP contribution >= 0.6 is 0 Å². The molecule has 1 fully saturated rings. The molecule has 0 radical (unpaired) electrons. The molecule has 1 aliphatic carbocycles. The van der Waals surface area contributed by atoms with E-state index in [0.29, 0.717) is 18.3 Å². The Morgan fingerprint density at radius 2 is 2.18 bits per heavy atom. The molecule has 1 saturated carbocycles. The molecule has 1 aromatic rings. The third-order valence-electron chi connectivity index (χ3n) is 3.67. The molecule has 2 rings (SSSR count). The van der Waals surface area contributed by atoms with Crippen LogP contribution in [0.25, 0.3) is 0 Å². The predicted octanol–water partition coefficient (Wildman–Crippen LogP) is 1.94. The van der Waals surface area contributed by atoms with Crippen molar-refractivity contribution in [2.45, 2.75) is 50.5 Å². The van der Waals surface area contributed by atoms with E-state index in [0.717, 1.165) is 32.1 Å². The molecule has 0 spiro atoms. The summed E-state index contributed by atoms with van der Waals surface area (Å²) in [5, 5.41) is 4.09. The topological polar surface area (TPSA) is 74.2 Å². The molecule has 1 unspecified atom stereocenters. The normalized spacial score (nSPS) is 20.6. The van der Waals surface area contributed by atoms with Crippen LogP contribution in [0.4, 0.5) is 0 Å². The summed E-state index contributed by atoms with van der Waals surface area (Å²) < 4.78 is 10.9. The van der Waals surface area contributed by atoms with Crippen LogP contribution < -0.4 is 5.73 Å². The average Bonchev–Trinajstić information content (AvgIpc) is 2.99. The van der Waals surface area contributed by atoms with E-state index < -0.39 is 0 Å². The molecule has 0 aliphatic heterocycles. The summed E-state index contributed by atoms with van der Waals surface area (Å²) in [6.07, 6.45) is 5.15. The van der Waals surface area contributed by atoms with E-state index in [1.165, 1.54) is 0 Å². The number of nitrogens with two attached hydrogens (primary N) is 1. The van der Waals surface area contributed by atoms with Gasteiger partial charge in [-0.1, -0.05) is 12.1 Å². The minimum absolute atomic E-state index is 0.219. The quantitative estimate of drug-likeness (QED) is 0.850. The van der Waals surface area contributed by atoms with Crippen molar-refractivity contribution in [2.75, 3.05) is 13.7 Å². The Morgan fingerprint density at radius 3 is 2.76 bits per heavy atom. The first-order chi connectivity index (χ1) is 8.22. The molecule has 1 aliphatic rings. The van der Waals surface area contributed by atoms with Gasteiger partial charge in [-0.05, 0) is 38.6 Å². The van der Waals surface area contributed by atoms with Gasteiger partial charge >= 0.3 is 0 Å². The molecule has 2 N–H and O–H groups in total. The van der Waals surface area contributed by atoms with Gasteiger partial charge in [0.05, 0.1) is 0 Å². The van der Waals surface area contributed by atoms with Crippen LogP contribution in [0.1, 0.15) is 56.7 Å². The number of methoxy groups -OCH3 is 1.